The van der Waals surface area contributed by atoms with Crippen LogP contribution in [0.25, 0.3) is 0 Å². The Kier molecular flexibility index (Phi) is 5.16. The fourth-order valence-corrected chi connectivity index (χ4v) is 3.04. The molecule has 0 aromatic heterocycles. The number of anilines is 1. The summed E-state index contributed by atoms with van der Waals surface area (Å²) < 4.78 is 5.34. The summed E-state index contributed by atoms with van der Waals surface area (Å²) in [6.07, 6.45) is 0. The zero-order valence-corrected chi connectivity index (χ0v) is 11.6. The monoisotopic (exact) mass is 267 g/mol. The van der Waals surface area contributed by atoms with Crippen molar-refractivity contribution in [1.82, 2.24) is 10.2 Å². The third-order valence-electron chi connectivity index (χ3n) is 3.06. The summed E-state index contributed by atoms with van der Waals surface area (Å²) in [5, 5.41) is 3.36. The standard InChI is InChI=1S/C13H21N3OS/c1-17-12-10-11(14)2-3-13(12)18-9-8-16-6-4-15-5-7-16/h2-3,10,15H,4-9,14H2,1H3. The fourth-order valence-electron chi connectivity index (χ4n) is 2.02. The van der Waals surface area contributed by atoms with E-state index in [-0.39, 0.29) is 0 Å². The molecule has 2 rings (SSSR count). The summed E-state index contributed by atoms with van der Waals surface area (Å²) in [5.41, 5.74) is 6.49. The molecule has 0 bridgehead atoms. The van der Waals surface area contributed by atoms with Gasteiger partial charge in [0.2, 0.25) is 0 Å². The first kappa shape index (κ1) is 13.5. The molecule has 1 heterocycles. The highest BCUT2D eigenvalue weighted by molar-refractivity contribution is 7.99. The third-order valence-corrected chi connectivity index (χ3v) is 4.10. The summed E-state index contributed by atoms with van der Waals surface area (Å²) >= 11 is 1.83. The van der Waals surface area contributed by atoms with Gasteiger partial charge in [-0.1, -0.05) is 0 Å². The molecule has 1 fully saturated rings. The van der Waals surface area contributed by atoms with E-state index in [1.165, 1.54) is 4.90 Å². The number of benzene rings is 1. The molecule has 0 radical (unpaired) electrons. The minimum atomic E-state index is 0.748. The molecule has 1 saturated heterocycles. The van der Waals surface area contributed by atoms with Crippen LogP contribution in [0.4, 0.5) is 5.69 Å². The van der Waals surface area contributed by atoms with Crippen molar-refractivity contribution in [3.05, 3.63) is 18.2 Å². The molecular formula is C13H21N3OS. The van der Waals surface area contributed by atoms with Gasteiger partial charge >= 0.3 is 0 Å². The number of nitrogens with two attached hydrogens (primary N) is 1. The smallest absolute Gasteiger partial charge is 0.134 e. The first-order valence-corrected chi connectivity index (χ1v) is 7.27. The molecule has 4 nitrogen and oxygen atoms in total. The molecule has 1 aromatic carbocycles. The highest BCUT2D eigenvalue weighted by Gasteiger charge is 2.10. The number of nitrogens with one attached hydrogen (secondary N) is 1. The van der Waals surface area contributed by atoms with Gasteiger partial charge in [0.1, 0.15) is 5.75 Å². The molecule has 1 aromatic rings. The third kappa shape index (κ3) is 3.80. The molecule has 18 heavy (non-hydrogen) atoms. The molecule has 0 amide bonds. The Labute approximate surface area is 113 Å². The van der Waals surface area contributed by atoms with Gasteiger partial charge in [-0.05, 0) is 12.1 Å². The predicted molar refractivity (Wildman–Crippen MR) is 77.4 cm³/mol. The Morgan fingerprint density at radius 3 is 2.89 bits per heavy atom. The lowest BCUT2D eigenvalue weighted by atomic mass is 10.3. The van der Waals surface area contributed by atoms with E-state index in [9.17, 15) is 0 Å². The van der Waals surface area contributed by atoms with Crippen LogP contribution in [0.3, 0.4) is 0 Å². The molecule has 100 valence electrons. The molecular weight excluding hydrogens is 246 g/mol. The van der Waals surface area contributed by atoms with Crippen LogP contribution in [0, 0.1) is 0 Å². The number of piperazine rings is 1. The van der Waals surface area contributed by atoms with Gasteiger partial charge in [-0.15, -0.1) is 11.8 Å². The van der Waals surface area contributed by atoms with E-state index in [2.05, 4.69) is 10.2 Å². The Hall–Kier alpha value is -0.910. The molecule has 0 unspecified atom stereocenters. The number of ether oxygens (including phenoxy) is 1. The second-order valence-electron chi connectivity index (χ2n) is 4.35. The second-order valence-corrected chi connectivity index (χ2v) is 5.49. The van der Waals surface area contributed by atoms with Gasteiger partial charge in [-0.2, -0.15) is 0 Å². The van der Waals surface area contributed by atoms with Crippen LogP contribution in [0.5, 0.6) is 5.75 Å². The van der Waals surface area contributed by atoms with Gasteiger partial charge in [0.15, 0.2) is 0 Å². The van der Waals surface area contributed by atoms with E-state index < -0.39 is 0 Å². The minimum Gasteiger partial charge on any atom is -0.496 e. The fraction of sp³-hybridized carbons (Fsp3) is 0.538. The highest BCUT2D eigenvalue weighted by atomic mass is 32.2. The lowest BCUT2D eigenvalue weighted by Gasteiger charge is -2.26. The maximum atomic E-state index is 5.74. The Morgan fingerprint density at radius 1 is 1.39 bits per heavy atom. The SMILES string of the molecule is COc1cc(N)ccc1SCCN1CCNCC1. The number of nitrogens with zero attached hydrogens (tertiary/aromatic N) is 1. The number of hydrogen-bond donors (Lipinski definition) is 2. The van der Waals surface area contributed by atoms with Crippen molar-refractivity contribution in [2.24, 2.45) is 0 Å². The topological polar surface area (TPSA) is 50.5 Å². The van der Waals surface area contributed by atoms with Crippen molar-refractivity contribution in [2.75, 3.05) is 51.3 Å². The zero-order valence-electron chi connectivity index (χ0n) is 10.8. The van der Waals surface area contributed by atoms with Crippen LogP contribution >= 0.6 is 11.8 Å². The zero-order chi connectivity index (χ0) is 12.8. The van der Waals surface area contributed by atoms with Gasteiger partial charge in [0.05, 0.1) is 7.11 Å². The molecule has 0 spiro atoms. The normalized spacial score (nSPS) is 16.7. The number of rotatable bonds is 5. The van der Waals surface area contributed by atoms with Gasteiger partial charge < -0.3 is 15.8 Å². The number of hydrogen-bond acceptors (Lipinski definition) is 5. The molecule has 3 N–H and O–H groups in total. The van der Waals surface area contributed by atoms with E-state index in [1.54, 1.807) is 7.11 Å². The largest absolute Gasteiger partial charge is 0.496 e. The van der Waals surface area contributed by atoms with Gasteiger partial charge in [-0.25, -0.2) is 0 Å². The number of thioether (sulfide) groups is 1. The average Bonchev–Trinajstić information content (AvgIpc) is 2.41. The van der Waals surface area contributed by atoms with E-state index in [0.29, 0.717) is 0 Å². The molecule has 0 aliphatic carbocycles. The van der Waals surface area contributed by atoms with Crippen LogP contribution < -0.4 is 15.8 Å². The van der Waals surface area contributed by atoms with Gasteiger partial charge in [-0.3, -0.25) is 4.90 Å². The molecule has 5 heteroatoms. The second kappa shape index (κ2) is 6.87. The lowest BCUT2D eigenvalue weighted by molar-refractivity contribution is 0.255. The Bertz CT molecular complexity index is 380. The van der Waals surface area contributed by atoms with Crippen LogP contribution in [0.2, 0.25) is 0 Å². The quantitative estimate of drug-likeness (QED) is 0.621. The average molecular weight is 267 g/mol. The molecule has 1 aliphatic heterocycles. The highest BCUT2D eigenvalue weighted by Crippen LogP contribution is 2.30. The first-order chi connectivity index (χ1) is 8.79. The van der Waals surface area contributed by atoms with Crippen LogP contribution in [-0.2, 0) is 0 Å². The summed E-state index contributed by atoms with van der Waals surface area (Å²) in [4.78, 5) is 3.66. The number of nitrogen functional groups attached to an aromatic ring is 1. The van der Waals surface area contributed by atoms with Gasteiger partial charge in [0, 0.05) is 55.1 Å². The minimum absolute atomic E-state index is 0.748. The molecule has 1 aliphatic rings. The van der Waals surface area contributed by atoms with E-state index in [1.807, 2.05) is 30.0 Å². The number of methoxy groups -OCH3 is 1. The lowest BCUT2D eigenvalue weighted by Crippen LogP contribution is -2.44. The Morgan fingerprint density at radius 2 is 2.17 bits per heavy atom. The van der Waals surface area contributed by atoms with Crippen molar-refractivity contribution in [2.45, 2.75) is 4.90 Å². The van der Waals surface area contributed by atoms with Crippen molar-refractivity contribution in [3.63, 3.8) is 0 Å². The maximum absolute atomic E-state index is 5.74. The van der Waals surface area contributed by atoms with E-state index >= 15 is 0 Å². The van der Waals surface area contributed by atoms with E-state index in [0.717, 1.165) is 49.9 Å². The van der Waals surface area contributed by atoms with Crippen molar-refractivity contribution >= 4 is 17.4 Å². The predicted octanol–water partition coefficient (Wildman–Crippen LogP) is 1.27. The molecule has 0 saturated carbocycles. The first-order valence-electron chi connectivity index (χ1n) is 6.29. The van der Waals surface area contributed by atoms with Gasteiger partial charge in [0.25, 0.3) is 0 Å². The van der Waals surface area contributed by atoms with E-state index in [4.69, 9.17) is 10.5 Å². The summed E-state index contributed by atoms with van der Waals surface area (Å²) in [7, 11) is 1.69. The van der Waals surface area contributed by atoms with Crippen molar-refractivity contribution in [1.29, 1.82) is 0 Å². The Balaban J connectivity index is 1.82. The van der Waals surface area contributed by atoms with Crippen LogP contribution in [0.1, 0.15) is 0 Å². The van der Waals surface area contributed by atoms with Crippen LogP contribution in [0.15, 0.2) is 23.1 Å². The summed E-state index contributed by atoms with van der Waals surface area (Å²) in [6, 6.07) is 5.85. The summed E-state index contributed by atoms with van der Waals surface area (Å²) in [6.45, 7) is 5.64. The maximum Gasteiger partial charge on any atom is 0.134 e. The summed E-state index contributed by atoms with van der Waals surface area (Å²) in [5.74, 6) is 1.96. The van der Waals surface area contributed by atoms with Crippen LogP contribution in [-0.4, -0.2) is 50.5 Å². The molecule has 0 atom stereocenters. The van der Waals surface area contributed by atoms with Crippen molar-refractivity contribution < 1.29 is 4.74 Å². The van der Waals surface area contributed by atoms with Crippen molar-refractivity contribution in [3.8, 4) is 5.75 Å².